The lowest BCUT2D eigenvalue weighted by molar-refractivity contribution is -0.132. The third kappa shape index (κ3) is 11.9. The zero-order valence-corrected chi connectivity index (χ0v) is 30.8. The molecule has 52 heavy (non-hydrogen) atoms. The van der Waals surface area contributed by atoms with Crippen LogP contribution in [0.15, 0.2) is 67.3 Å². The summed E-state index contributed by atoms with van der Waals surface area (Å²) in [5, 5.41) is 28.0. The summed E-state index contributed by atoms with van der Waals surface area (Å²) < 4.78 is 27.4. The van der Waals surface area contributed by atoms with Crippen molar-refractivity contribution in [3.05, 3.63) is 84.2 Å². The molecule has 2 aliphatic carbocycles. The molecule has 5 rings (SSSR count). The number of aromatic amines is 1. The molecule has 3 aromatic rings. The molecule has 0 bridgehead atoms. The predicted molar refractivity (Wildman–Crippen MR) is 200 cm³/mol. The number of nitrogens with one attached hydrogen (secondary N) is 3. The molecule has 2 amide bonds. The van der Waals surface area contributed by atoms with E-state index in [4.69, 9.17) is 5.73 Å². The minimum atomic E-state index is -3.66. The van der Waals surface area contributed by atoms with E-state index in [1.165, 1.54) is 6.33 Å². The summed E-state index contributed by atoms with van der Waals surface area (Å²) in [6, 6.07) is 12.9. The second-order valence-electron chi connectivity index (χ2n) is 14.9. The third-order valence-electron chi connectivity index (χ3n) is 10.8. The molecule has 2 fully saturated rings. The van der Waals surface area contributed by atoms with E-state index in [-0.39, 0.29) is 37.0 Å². The molecule has 2 heterocycles. The number of pyridine rings is 1. The maximum atomic E-state index is 14.2. The Morgan fingerprint density at radius 2 is 1.63 bits per heavy atom. The van der Waals surface area contributed by atoms with Gasteiger partial charge >= 0.3 is 0 Å². The number of nitrogens with two attached hydrogens (primary N) is 1. The van der Waals surface area contributed by atoms with Crippen LogP contribution in [0.3, 0.4) is 0 Å². The number of hydrogen-bond donors (Lipinski definition) is 6. The highest BCUT2D eigenvalue weighted by Gasteiger charge is 2.37. The van der Waals surface area contributed by atoms with Crippen LogP contribution in [0, 0.1) is 11.8 Å². The number of nitrogens with zero attached hydrogens (tertiary/aromatic N) is 2. The number of carbonyl (C=O) groups excluding carboxylic acids is 2. The van der Waals surface area contributed by atoms with Crippen LogP contribution in [0.1, 0.15) is 87.6 Å². The van der Waals surface area contributed by atoms with Crippen LogP contribution >= 0.6 is 0 Å². The SMILES string of the molecule is NC1CCC(S(=O)(=O)C[C@@H](Cc2ccccc2)C(=O)N[C@@H](Cc2cnc[nH]2)C(=O)N[C@@H](CC2CCCCC2)[C@@H](O)[C@@H](O)CCc2ccccn2)CC1. The minimum Gasteiger partial charge on any atom is -0.390 e. The maximum absolute atomic E-state index is 14.2. The largest absolute Gasteiger partial charge is 0.390 e. The normalized spacial score (nSPS) is 21.4. The van der Waals surface area contributed by atoms with Gasteiger partial charge in [-0.15, -0.1) is 0 Å². The average Bonchev–Trinajstić information content (AvgIpc) is 3.67. The summed E-state index contributed by atoms with van der Waals surface area (Å²) in [5.41, 5.74) is 8.27. The molecule has 1 aromatic carbocycles. The van der Waals surface area contributed by atoms with Gasteiger partial charge < -0.3 is 31.6 Å². The van der Waals surface area contributed by atoms with Gasteiger partial charge in [-0.05, 0) is 75.0 Å². The number of aliphatic hydroxyl groups excluding tert-OH is 2. The van der Waals surface area contributed by atoms with Crippen molar-refractivity contribution in [2.45, 2.75) is 125 Å². The monoisotopic (exact) mass is 736 g/mol. The molecule has 5 atom stereocenters. The number of H-pyrrole nitrogens is 1. The highest BCUT2D eigenvalue weighted by Crippen LogP contribution is 2.29. The first-order valence-corrected chi connectivity index (χ1v) is 20.6. The van der Waals surface area contributed by atoms with Crippen molar-refractivity contribution in [2.24, 2.45) is 17.6 Å². The molecule has 0 aliphatic heterocycles. The molecule has 0 spiro atoms. The molecule has 284 valence electrons. The Hall–Kier alpha value is -3.65. The molecule has 2 aliphatic rings. The van der Waals surface area contributed by atoms with Gasteiger partial charge in [-0.25, -0.2) is 13.4 Å². The zero-order chi connectivity index (χ0) is 36.9. The number of aliphatic hydroxyl groups is 2. The number of rotatable bonds is 18. The van der Waals surface area contributed by atoms with E-state index in [0.29, 0.717) is 44.2 Å². The number of aryl methyl sites for hydroxylation is 1. The summed E-state index contributed by atoms with van der Waals surface area (Å²) in [4.78, 5) is 39.8. The van der Waals surface area contributed by atoms with E-state index in [0.717, 1.165) is 43.4 Å². The van der Waals surface area contributed by atoms with Crippen molar-refractivity contribution in [1.82, 2.24) is 25.6 Å². The van der Waals surface area contributed by atoms with Gasteiger partial charge in [0, 0.05) is 36.2 Å². The van der Waals surface area contributed by atoms with E-state index >= 15 is 0 Å². The Balaban J connectivity index is 1.34. The summed E-state index contributed by atoms with van der Waals surface area (Å²) in [5.74, 6) is -2.09. The quantitative estimate of drug-likeness (QED) is 0.114. The lowest BCUT2D eigenvalue weighted by Crippen LogP contribution is -2.56. The number of amides is 2. The van der Waals surface area contributed by atoms with Gasteiger partial charge in [0.05, 0.1) is 35.4 Å². The lowest BCUT2D eigenvalue weighted by Gasteiger charge is -2.33. The van der Waals surface area contributed by atoms with Crippen molar-refractivity contribution in [2.75, 3.05) is 5.75 Å². The third-order valence-corrected chi connectivity index (χ3v) is 13.2. The minimum absolute atomic E-state index is 0.0148. The Kier molecular flexibility index (Phi) is 14.8. The van der Waals surface area contributed by atoms with Crippen LogP contribution in [0.5, 0.6) is 0 Å². The smallest absolute Gasteiger partial charge is 0.243 e. The van der Waals surface area contributed by atoms with Crippen LogP contribution in [0.4, 0.5) is 0 Å². The van der Waals surface area contributed by atoms with E-state index in [1.807, 2.05) is 48.5 Å². The van der Waals surface area contributed by atoms with Crippen molar-refractivity contribution in [3.8, 4) is 0 Å². The van der Waals surface area contributed by atoms with E-state index < -0.39 is 57.1 Å². The number of aromatic nitrogens is 3. The first kappa shape index (κ1) is 39.6. The van der Waals surface area contributed by atoms with Crippen LogP contribution < -0.4 is 16.4 Å². The Morgan fingerprint density at radius 1 is 0.904 bits per heavy atom. The summed E-state index contributed by atoms with van der Waals surface area (Å²) in [7, 11) is -3.66. The van der Waals surface area contributed by atoms with Crippen molar-refractivity contribution in [3.63, 3.8) is 0 Å². The highest BCUT2D eigenvalue weighted by atomic mass is 32.2. The first-order chi connectivity index (χ1) is 25.1. The molecule has 12 nitrogen and oxygen atoms in total. The molecule has 0 unspecified atom stereocenters. The number of benzene rings is 1. The summed E-state index contributed by atoms with van der Waals surface area (Å²) >= 11 is 0. The molecular weight excluding hydrogens is 681 g/mol. The zero-order valence-electron chi connectivity index (χ0n) is 30.0. The standard InChI is InChI=1S/C39H56N6O6S/c40-30-14-17-33(18-15-30)52(50,51)25-29(21-27-9-3-1-4-10-27)38(48)45-35(23-32-24-41-26-43-32)39(49)44-34(22-28-11-5-2-6-12-28)37(47)36(46)19-16-31-13-7-8-20-42-31/h1,3-4,7-10,13,20,24,26,28-30,33-37,46-47H,2,5-6,11-12,14-19,21-23,25,40H2,(H,41,43)(H,44,49)(H,45,48)/t29-,30?,33?,34+,35+,36+,37-/m1/s1. The van der Waals surface area contributed by atoms with E-state index in [1.54, 1.807) is 12.4 Å². The Bertz CT molecular complexity index is 1610. The van der Waals surface area contributed by atoms with Crippen LogP contribution in [-0.4, -0.2) is 86.7 Å². The van der Waals surface area contributed by atoms with Crippen LogP contribution in [0.2, 0.25) is 0 Å². The van der Waals surface area contributed by atoms with Gasteiger partial charge in [0.2, 0.25) is 11.8 Å². The Morgan fingerprint density at radius 3 is 2.31 bits per heavy atom. The van der Waals surface area contributed by atoms with Crippen molar-refractivity contribution < 1.29 is 28.2 Å². The number of imidazole rings is 1. The van der Waals surface area contributed by atoms with Gasteiger partial charge in [0.15, 0.2) is 9.84 Å². The fraction of sp³-hybridized carbons (Fsp3) is 0.590. The maximum Gasteiger partial charge on any atom is 0.243 e. The second-order valence-corrected chi connectivity index (χ2v) is 17.2. The predicted octanol–water partition coefficient (Wildman–Crippen LogP) is 3.19. The molecule has 7 N–H and O–H groups in total. The average molecular weight is 737 g/mol. The van der Waals surface area contributed by atoms with Gasteiger partial charge in [-0.1, -0.05) is 68.5 Å². The Labute approximate surface area is 307 Å². The number of hydrogen-bond acceptors (Lipinski definition) is 9. The van der Waals surface area contributed by atoms with Gasteiger partial charge in [0.25, 0.3) is 0 Å². The molecular formula is C39H56N6O6S. The molecule has 2 saturated carbocycles. The van der Waals surface area contributed by atoms with E-state index in [9.17, 15) is 28.2 Å². The molecule has 13 heteroatoms. The molecule has 0 saturated heterocycles. The molecule has 0 radical (unpaired) electrons. The van der Waals surface area contributed by atoms with Crippen LogP contribution in [0.25, 0.3) is 0 Å². The fourth-order valence-electron chi connectivity index (χ4n) is 7.73. The first-order valence-electron chi connectivity index (χ1n) is 18.9. The van der Waals surface area contributed by atoms with Gasteiger partial charge in [0.1, 0.15) is 12.1 Å². The van der Waals surface area contributed by atoms with Crippen LogP contribution in [-0.2, 0) is 38.7 Å². The second kappa shape index (κ2) is 19.4. The van der Waals surface area contributed by atoms with Gasteiger partial charge in [-0.3, -0.25) is 14.6 Å². The van der Waals surface area contributed by atoms with Crippen molar-refractivity contribution >= 4 is 21.7 Å². The molecule has 2 aromatic heterocycles. The van der Waals surface area contributed by atoms with Crippen molar-refractivity contribution in [1.29, 1.82) is 0 Å². The fourth-order valence-corrected chi connectivity index (χ4v) is 9.83. The topological polar surface area (TPSA) is 200 Å². The lowest BCUT2D eigenvalue weighted by atomic mass is 9.82. The number of carbonyl (C=O) groups is 2. The number of sulfone groups is 1. The summed E-state index contributed by atoms with van der Waals surface area (Å²) in [6.45, 7) is 0. The highest BCUT2D eigenvalue weighted by molar-refractivity contribution is 7.92. The summed E-state index contributed by atoms with van der Waals surface area (Å²) in [6.07, 6.45) is 11.2. The van der Waals surface area contributed by atoms with E-state index in [2.05, 4.69) is 25.6 Å². The van der Waals surface area contributed by atoms with Gasteiger partial charge in [-0.2, -0.15) is 0 Å².